The van der Waals surface area contributed by atoms with E-state index in [1.165, 1.54) is 0 Å². The van der Waals surface area contributed by atoms with E-state index in [0.29, 0.717) is 16.7 Å². The molecule has 4 heteroatoms. The highest BCUT2D eigenvalue weighted by Gasteiger charge is 2.00. The van der Waals surface area contributed by atoms with Gasteiger partial charge in [0.1, 0.15) is 4.99 Å². The summed E-state index contributed by atoms with van der Waals surface area (Å²) in [5.41, 5.74) is 7.10. The van der Waals surface area contributed by atoms with Crippen LogP contribution in [0, 0.1) is 0 Å². The van der Waals surface area contributed by atoms with Gasteiger partial charge in [-0.05, 0) is 25.5 Å². The van der Waals surface area contributed by atoms with Crippen LogP contribution in [-0.2, 0) is 0 Å². The van der Waals surface area contributed by atoms with Crippen molar-refractivity contribution in [3.8, 4) is 0 Å². The van der Waals surface area contributed by atoms with Crippen molar-refractivity contribution in [2.45, 2.75) is 26.3 Å². The molecule has 1 aromatic heterocycles. The van der Waals surface area contributed by atoms with E-state index in [-0.39, 0.29) is 0 Å². The van der Waals surface area contributed by atoms with Crippen LogP contribution in [0.25, 0.3) is 0 Å². The first-order valence-corrected chi connectivity index (χ1v) is 5.06. The number of pyridine rings is 1. The molecule has 1 atom stereocenters. The number of anilines is 1. The number of hydrogen-bond donors (Lipinski definition) is 2. The van der Waals surface area contributed by atoms with E-state index in [2.05, 4.69) is 24.1 Å². The molecule has 0 spiro atoms. The zero-order valence-corrected chi connectivity index (χ0v) is 9.27. The van der Waals surface area contributed by atoms with E-state index in [4.69, 9.17) is 18.0 Å². The highest BCUT2D eigenvalue weighted by atomic mass is 32.1. The second kappa shape index (κ2) is 4.91. The van der Waals surface area contributed by atoms with E-state index in [1.54, 1.807) is 6.20 Å². The molecule has 76 valence electrons. The second-order valence-corrected chi connectivity index (χ2v) is 3.69. The lowest BCUT2D eigenvalue weighted by molar-refractivity contribution is 0.763. The van der Waals surface area contributed by atoms with Gasteiger partial charge in [0, 0.05) is 6.04 Å². The molecule has 0 aliphatic heterocycles. The lowest BCUT2D eigenvalue weighted by Crippen LogP contribution is -2.15. The molecule has 14 heavy (non-hydrogen) atoms. The van der Waals surface area contributed by atoms with Crippen molar-refractivity contribution in [2.75, 3.05) is 5.32 Å². The van der Waals surface area contributed by atoms with E-state index in [9.17, 15) is 0 Å². The Morgan fingerprint density at radius 3 is 2.79 bits per heavy atom. The van der Waals surface area contributed by atoms with Crippen LogP contribution < -0.4 is 11.1 Å². The Morgan fingerprint density at radius 1 is 1.64 bits per heavy atom. The Hall–Kier alpha value is -1.16. The van der Waals surface area contributed by atoms with Crippen LogP contribution in [0.4, 0.5) is 5.69 Å². The van der Waals surface area contributed by atoms with Crippen molar-refractivity contribution >= 4 is 22.9 Å². The molecule has 1 rings (SSSR count). The van der Waals surface area contributed by atoms with Crippen molar-refractivity contribution in [1.29, 1.82) is 0 Å². The van der Waals surface area contributed by atoms with Gasteiger partial charge in [0.05, 0.1) is 17.6 Å². The molecular weight excluding hydrogens is 194 g/mol. The van der Waals surface area contributed by atoms with E-state index >= 15 is 0 Å². The lowest BCUT2D eigenvalue weighted by atomic mass is 10.2. The maximum absolute atomic E-state index is 5.44. The standard InChI is InChI=1S/C10H15N3S/c1-3-7(2)13-8-4-5-9(10(11)14)12-6-8/h4-7,13H,3H2,1-2H3,(H2,11,14). The number of thiocarbonyl (C=S) groups is 1. The quantitative estimate of drug-likeness (QED) is 0.744. The molecule has 0 fully saturated rings. The molecule has 1 heterocycles. The molecule has 1 unspecified atom stereocenters. The zero-order valence-electron chi connectivity index (χ0n) is 8.45. The van der Waals surface area contributed by atoms with Crippen molar-refractivity contribution in [2.24, 2.45) is 5.73 Å². The molecule has 3 nitrogen and oxygen atoms in total. The van der Waals surface area contributed by atoms with E-state index in [1.807, 2.05) is 12.1 Å². The van der Waals surface area contributed by atoms with Crippen LogP contribution in [-0.4, -0.2) is 16.0 Å². The summed E-state index contributed by atoms with van der Waals surface area (Å²) in [6.45, 7) is 4.26. The topological polar surface area (TPSA) is 50.9 Å². The van der Waals surface area contributed by atoms with Crippen molar-refractivity contribution in [1.82, 2.24) is 4.98 Å². The average molecular weight is 209 g/mol. The molecule has 0 aliphatic carbocycles. The van der Waals surface area contributed by atoms with Gasteiger partial charge in [-0.25, -0.2) is 0 Å². The normalized spacial score (nSPS) is 12.1. The summed E-state index contributed by atoms with van der Waals surface area (Å²) in [5.74, 6) is 0. The van der Waals surface area contributed by atoms with Crippen molar-refractivity contribution in [3.05, 3.63) is 24.0 Å². The van der Waals surface area contributed by atoms with Gasteiger partial charge in [-0.15, -0.1) is 0 Å². The molecule has 0 amide bonds. The minimum absolute atomic E-state index is 0.333. The summed E-state index contributed by atoms with van der Waals surface area (Å²) in [4.78, 5) is 4.47. The van der Waals surface area contributed by atoms with Crippen LogP contribution in [0.2, 0.25) is 0 Å². The first-order valence-electron chi connectivity index (χ1n) is 4.66. The Balaban J connectivity index is 2.68. The molecule has 1 aromatic rings. The number of nitrogens with one attached hydrogen (secondary N) is 1. The van der Waals surface area contributed by atoms with Gasteiger partial charge in [-0.2, -0.15) is 0 Å². The van der Waals surface area contributed by atoms with Crippen molar-refractivity contribution < 1.29 is 0 Å². The minimum Gasteiger partial charge on any atom is -0.388 e. The summed E-state index contributed by atoms with van der Waals surface area (Å²) >= 11 is 4.81. The molecule has 0 radical (unpaired) electrons. The van der Waals surface area contributed by atoms with Gasteiger partial charge in [0.15, 0.2) is 0 Å². The fraction of sp³-hybridized carbons (Fsp3) is 0.400. The average Bonchev–Trinajstić information content (AvgIpc) is 2.18. The predicted octanol–water partition coefficient (Wildman–Crippen LogP) is 1.93. The first-order chi connectivity index (χ1) is 6.63. The van der Waals surface area contributed by atoms with E-state index in [0.717, 1.165) is 12.1 Å². The second-order valence-electron chi connectivity index (χ2n) is 3.25. The number of nitrogens with zero attached hydrogens (tertiary/aromatic N) is 1. The molecule has 0 aliphatic rings. The van der Waals surface area contributed by atoms with Crippen LogP contribution in [0.5, 0.6) is 0 Å². The Labute approximate surface area is 89.7 Å². The number of aromatic nitrogens is 1. The fourth-order valence-corrected chi connectivity index (χ4v) is 1.13. The predicted molar refractivity (Wildman–Crippen MR) is 63.5 cm³/mol. The third kappa shape index (κ3) is 2.96. The Bertz CT molecular complexity index is 308. The van der Waals surface area contributed by atoms with Gasteiger partial charge >= 0.3 is 0 Å². The molecule has 0 bridgehead atoms. The summed E-state index contributed by atoms with van der Waals surface area (Å²) in [6.07, 6.45) is 2.83. The maximum atomic E-state index is 5.44. The van der Waals surface area contributed by atoms with Gasteiger partial charge in [-0.1, -0.05) is 19.1 Å². The monoisotopic (exact) mass is 209 g/mol. The Kier molecular flexibility index (Phi) is 3.83. The van der Waals surface area contributed by atoms with Crippen LogP contribution >= 0.6 is 12.2 Å². The summed E-state index contributed by atoms with van der Waals surface area (Å²) in [5, 5.41) is 3.31. The number of nitrogens with two attached hydrogens (primary N) is 1. The lowest BCUT2D eigenvalue weighted by Gasteiger charge is -2.12. The number of hydrogen-bond acceptors (Lipinski definition) is 3. The van der Waals surface area contributed by atoms with Crippen molar-refractivity contribution in [3.63, 3.8) is 0 Å². The minimum atomic E-state index is 0.333. The summed E-state index contributed by atoms with van der Waals surface area (Å²) in [7, 11) is 0. The van der Waals surface area contributed by atoms with Gasteiger partial charge in [0.2, 0.25) is 0 Å². The molecule has 0 aromatic carbocycles. The highest BCUT2D eigenvalue weighted by Crippen LogP contribution is 2.08. The third-order valence-electron chi connectivity index (χ3n) is 2.04. The Morgan fingerprint density at radius 2 is 2.36 bits per heavy atom. The smallest absolute Gasteiger partial charge is 0.122 e. The van der Waals surface area contributed by atoms with Crippen LogP contribution in [0.1, 0.15) is 26.0 Å². The maximum Gasteiger partial charge on any atom is 0.122 e. The zero-order chi connectivity index (χ0) is 10.6. The summed E-state index contributed by atoms with van der Waals surface area (Å²) < 4.78 is 0. The van der Waals surface area contributed by atoms with Gasteiger partial charge in [0.25, 0.3) is 0 Å². The molecule has 0 saturated carbocycles. The van der Waals surface area contributed by atoms with Crippen LogP contribution in [0.3, 0.4) is 0 Å². The van der Waals surface area contributed by atoms with Gasteiger partial charge in [-0.3, -0.25) is 4.98 Å². The summed E-state index contributed by atoms with van der Waals surface area (Å²) in [6, 6.07) is 4.22. The molecule has 0 saturated heterocycles. The van der Waals surface area contributed by atoms with Gasteiger partial charge < -0.3 is 11.1 Å². The largest absolute Gasteiger partial charge is 0.388 e. The SMILES string of the molecule is CCC(C)Nc1ccc(C(N)=S)nc1. The molecule has 3 N–H and O–H groups in total. The fourth-order valence-electron chi connectivity index (χ4n) is 1.01. The highest BCUT2D eigenvalue weighted by molar-refractivity contribution is 7.80. The van der Waals surface area contributed by atoms with E-state index < -0.39 is 0 Å². The first kappa shape index (κ1) is 10.9. The van der Waals surface area contributed by atoms with Crippen LogP contribution in [0.15, 0.2) is 18.3 Å². The third-order valence-corrected chi connectivity index (χ3v) is 2.25. The number of rotatable bonds is 4. The molecular formula is C10H15N3S.